The Morgan fingerprint density at radius 2 is 1.88 bits per heavy atom. The zero-order valence-corrected chi connectivity index (χ0v) is 19.1. The first-order chi connectivity index (χ1) is 15.6. The molecule has 0 fully saturated rings. The van der Waals surface area contributed by atoms with E-state index in [-0.39, 0.29) is 0 Å². The molecule has 0 unspecified atom stereocenters. The lowest BCUT2D eigenvalue weighted by Crippen LogP contribution is -2.12. The first-order valence-corrected chi connectivity index (χ1v) is 10.8. The third kappa shape index (κ3) is 5.68. The van der Waals surface area contributed by atoms with Crippen molar-refractivity contribution in [3.8, 4) is 11.5 Å². The number of carbonyl (C=O) groups excluding carboxylic acids is 1. The molecular weight excluding hydrogens is 424 g/mol. The lowest BCUT2D eigenvalue weighted by atomic mass is 10.1. The number of alkyl halides is 1. The van der Waals surface area contributed by atoms with Crippen molar-refractivity contribution in [2.24, 2.45) is 4.99 Å². The largest absolute Gasteiger partial charge is 0.493 e. The smallest absolute Gasteiger partial charge is 0.163 e. The molecule has 166 valence electrons. The van der Waals surface area contributed by atoms with Gasteiger partial charge in [0, 0.05) is 36.8 Å². The number of anilines is 1. The molecule has 32 heavy (non-hydrogen) atoms. The number of methoxy groups -OCH3 is 1. The highest BCUT2D eigenvalue weighted by Gasteiger charge is 2.13. The molecule has 6 heteroatoms. The van der Waals surface area contributed by atoms with Gasteiger partial charge >= 0.3 is 0 Å². The van der Waals surface area contributed by atoms with Gasteiger partial charge in [0.25, 0.3) is 0 Å². The second kappa shape index (κ2) is 11.3. The molecule has 3 aromatic rings. The normalized spacial score (nSPS) is 11.8. The summed E-state index contributed by atoms with van der Waals surface area (Å²) < 4.78 is 11.0. The molecule has 5 nitrogen and oxygen atoms in total. The van der Waals surface area contributed by atoms with Crippen molar-refractivity contribution in [3.63, 3.8) is 0 Å². The summed E-state index contributed by atoms with van der Waals surface area (Å²) in [5.41, 5.74) is 5.78. The number of likely N-dealkylation sites (N-methyl/N-ethyl adjacent to an activating group) is 1. The van der Waals surface area contributed by atoms with Crippen LogP contribution < -0.4 is 14.4 Å². The number of halogens is 1. The second-order valence-electron chi connectivity index (χ2n) is 7.38. The maximum absolute atomic E-state index is 11.0. The fourth-order valence-electron chi connectivity index (χ4n) is 3.54. The summed E-state index contributed by atoms with van der Waals surface area (Å²) >= 11 is 5.82. The number of carbonyl (C=O) groups is 1. The molecule has 0 spiro atoms. The minimum atomic E-state index is 0.359. The first-order valence-electron chi connectivity index (χ1n) is 10.3. The van der Waals surface area contributed by atoms with E-state index in [2.05, 4.69) is 47.9 Å². The molecule has 1 aliphatic heterocycles. The minimum absolute atomic E-state index is 0.359. The zero-order valence-electron chi connectivity index (χ0n) is 18.4. The Labute approximate surface area is 194 Å². The number of nitrogens with zero attached hydrogens (tertiary/aromatic N) is 2. The number of fused-ring (bicyclic) bond motifs is 1. The monoisotopic (exact) mass is 450 g/mol. The third-order valence-corrected chi connectivity index (χ3v) is 5.58. The van der Waals surface area contributed by atoms with Crippen LogP contribution in [0.4, 0.5) is 11.4 Å². The van der Waals surface area contributed by atoms with E-state index in [0.717, 1.165) is 11.1 Å². The van der Waals surface area contributed by atoms with Crippen molar-refractivity contribution in [1.29, 1.82) is 0 Å². The Morgan fingerprint density at radius 3 is 2.56 bits per heavy atom. The van der Waals surface area contributed by atoms with Crippen molar-refractivity contribution in [2.45, 2.75) is 18.9 Å². The summed E-state index contributed by atoms with van der Waals surface area (Å²) in [6, 6.07) is 19.6. The number of aliphatic imine (C=N–C) groups is 1. The van der Waals surface area contributed by atoms with E-state index < -0.39 is 0 Å². The average molecular weight is 451 g/mol. The number of aldehydes is 1. The maximum Gasteiger partial charge on any atom is 0.163 e. The summed E-state index contributed by atoms with van der Waals surface area (Å²) in [5.74, 6) is 1.44. The molecule has 0 saturated carbocycles. The summed E-state index contributed by atoms with van der Waals surface area (Å²) in [4.78, 5) is 17.1. The van der Waals surface area contributed by atoms with Gasteiger partial charge in [0.2, 0.25) is 0 Å². The molecule has 0 amide bonds. The van der Waals surface area contributed by atoms with Gasteiger partial charge in [-0.05, 0) is 42.0 Å². The summed E-state index contributed by atoms with van der Waals surface area (Å²) in [5, 5.41) is 0. The minimum Gasteiger partial charge on any atom is -0.493 e. The number of hydrogen-bond donors (Lipinski definition) is 0. The highest BCUT2D eigenvalue weighted by Crippen LogP contribution is 2.34. The van der Waals surface area contributed by atoms with Crippen molar-refractivity contribution in [2.75, 3.05) is 25.6 Å². The standard InChI is InChI=1S/C17H16ClNO3.C9H11N/c1-19-15-8-17(16(21-2)7-14(15)10-20)22-11-13-5-3-4-12(6-13)9-18;1-10-7-6-8-4-2-3-5-9(8)10/h3-8,10H,1,9,11H2,2H3;2-5H,6-7H2,1H3. The molecule has 0 atom stereocenters. The van der Waals surface area contributed by atoms with Gasteiger partial charge in [0.05, 0.1) is 12.8 Å². The van der Waals surface area contributed by atoms with Crippen molar-refractivity contribution in [1.82, 2.24) is 0 Å². The van der Waals surface area contributed by atoms with Crippen molar-refractivity contribution in [3.05, 3.63) is 82.9 Å². The van der Waals surface area contributed by atoms with Gasteiger partial charge in [0.15, 0.2) is 17.8 Å². The Kier molecular flexibility index (Phi) is 8.28. The van der Waals surface area contributed by atoms with E-state index >= 15 is 0 Å². The Bertz CT molecular complexity index is 1080. The quantitative estimate of drug-likeness (QED) is 0.258. The number of benzene rings is 3. The molecule has 0 saturated heterocycles. The van der Waals surface area contributed by atoms with E-state index in [1.165, 1.54) is 31.3 Å². The summed E-state index contributed by atoms with van der Waals surface area (Å²) in [6.07, 6.45) is 1.92. The maximum atomic E-state index is 11.0. The first kappa shape index (κ1) is 23.4. The number of para-hydroxylation sites is 1. The molecule has 3 aromatic carbocycles. The topological polar surface area (TPSA) is 51.1 Å². The van der Waals surface area contributed by atoms with Crippen LogP contribution in [0.2, 0.25) is 0 Å². The zero-order chi connectivity index (χ0) is 22.9. The second-order valence-corrected chi connectivity index (χ2v) is 7.65. The van der Waals surface area contributed by atoms with Gasteiger partial charge in [0.1, 0.15) is 6.61 Å². The average Bonchev–Trinajstić information content (AvgIpc) is 3.23. The molecule has 1 heterocycles. The lowest BCUT2D eigenvalue weighted by Gasteiger charge is -2.13. The summed E-state index contributed by atoms with van der Waals surface area (Å²) in [6.45, 7) is 5.00. The molecule has 0 aromatic heterocycles. The Balaban J connectivity index is 0.000000238. The van der Waals surface area contributed by atoms with E-state index in [4.69, 9.17) is 21.1 Å². The lowest BCUT2D eigenvalue weighted by molar-refractivity contribution is 0.112. The van der Waals surface area contributed by atoms with Crippen LogP contribution in [-0.4, -0.2) is 33.7 Å². The predicted octanol–water partition coefficient (Wildman–Crippen LogP) is 5.84. The van der Waals surface area contributed by atoms with Crippen LogP contribution in [0.1, 0.15) is 27.0 Å². The SMILES string of the molecule is C=Nc1cc(OCc2cccc(CCl)c2)c(OC)cc1C=O.CN1CCc2ccccc21. The fourth-order valence-corrected chi connectivity index (χ4v) is 3.70. The van der Waals surface area contributed by atoms with E-state index in [1.807, 2.05) is 24.3 Å². The van der Waals surface area contributed by atoms with Crippen LogP contribution in [0, 0.1) is 0 Å². The number of rotatable bonds is 7. The van der Waals surface area contributed by atoms with Gasteiger partial charge in [-0.15, -0.1) is 11.6 Å². The van der Waals surface area contributed by atoms with Crippen LogP contribution in [0.15, 0.2) is 65.7 Å². The number of hydrogen-bond acceptors (Lipinski definition) is 5. The molecule has 0 bridgehead atoms. The molecule has 0 N–H and O–H groups in total. The predicted molar refractivity (Wildman–Crippen MR) is 131 cm³/mol. The van der Waals surface area contributed by atoms with Crippen LogP contribution in [0.3, 0.4) is 0 Å². The molecule has 0 radical (unpaired) electrons. The molecule has 0 aliphatic carbocycles. The van der Waals surface area contributed by atoms with Gasteiger partial charge < -0.3 is 14.4 Å². The fraction of sp³-hybridized carbons (Fsp3) is 0.231. The van der Waals surface area contributed by atoms with Crippen LogP contribution >= 0.6 is 11.6 Å². The van der Waals surface area contributed by atoms with Crippen molar-refractivity contribution >= 4 is 36.0 Å². The highest BCUT2D eigenvalue weighted by molar-refractivity contribution is 6.17. The van der Waals surface area contributed by atoms with Crippen LogP contribution in [-0.2, 0) is 18.9 Å². The van der Waals surface area contributed by atoms with Gasteiger partial charge in [-0.1, -0.05) is 42.5 Å². The van der Waals surface area contributed by atoms with E-state index in [1.54, 1.807) is 12.1 Å². The van der Waals surface area contributed by atoms with Crippen LogP contribution in [0.5, 0.6) is 11.5 Å². The van der Waals surface area contributed by atoms with E-state index in [9.17, 15) is 4.79 Å². The Hall–Kier alpha value is -3.31. The van der Waals surface area contributed by atoms with Gasteiger partial charge in [-0.3, -0.25) is 9.79 Å². The van der Waals surface area contributed by atoms with Gasteiger partial charge in [-0.2, -0.15) is 0 Å². The van der Waals surface area contributed by atoms with E-state index in [0.29, 0.717) is 41.5 Å². The third-order valence-electron chi connectivity index (χ3n) is 5.27. The van der Waals surface area contributed by atoms with Crippen molar-refractivity contribution < 1.29 is 14.3 Å². The molecule has 4 rings (SSSR count). The Morgan fingerprint density at radius 1 is 1.09 bits per heavy atom. The molecular formula is C26H27ClN2O3. The van der Waals surface area contributed by atoms with Gasteiger partial charge in [-0.25, -0.2) is 0 Å². The summed E-state index contributed by atoms with van der Waals surface area (Å²) in [7, 11) is 3.66. The number of ether oxygens (including phenoxy) is 2. The van der Waals surface area contributed by atoms with Crippen LogP contribution in [0.25, 0.3) is 0 Å². The highest BCUT2D eigenvalue weighted by atomic mass is 35.5. The molecule has 1 aliphatic rings.